The van der Waals surface area contributed by atoms with Gasteiger partial charge in [-0.15, -0.1) is 0 Å². The fourth-order valence-corrected chi connectivity index (χ4v) is 1.19. The minimum Gasteiger partial charge on any atom is -0.465 e. The Bertz CT molecular complexity index is 326. The highest BCUT2D eigenvalue weighted by atomic mass is 16.5. The first kappa shape index (κ1) is 11.5. The highest BCUT2D eigenvalue weighted by molar-refractivity contribution is 5.74. The third kappa shape index (κ3) is 3.99. The molecule has 82 valence electrons. The zero-order chi connectivity index (χ0) is 11.1. The predicted octanol–water partition coefficient (Wildman–Crippen LogP) is 1.12. The van der Waals surface area contributed by atoms with Crippen LogP contribution in [0.3, 0.4) is 0 Å². The quantitative estimate of drug-likeness (QED) is 0.712. The molecule has 4 heteroatoms. The summed E-state index contributed by atoms with van der Waals surface area (Å²) in [5, 5.41) is 2.97. The Balaban J connectivity index is 2.46. The molecule has 0 spiro atoms. The normalized spacial score (nSPS) is 9.73. The topological polar surface area (TPSA) is 64.3 Å². The van der Waals surface area contributed by atoms with Crippen molar-refractivity contribution in [3.05, 3.63) is 29.8 Å². The van der Waals surface area contributed by atoms with Crippen LogP contribution in [-0.4, -0.2) is 19.1 Å². The van der Waals surface area contributed by atoms with Crippen molar-refractivity contribution in [1.82, 2.24) is 0 Å². The maximum Gasteiger partial charge on any atom is 0.325 e. The number of hydrogen-bond acceptors (Lipinski definition) is 4. The van der Waals surface area contributed by atoms with Crippen molar-refractivity contribution in [2.45, 2.75) is 13.5 Å². The van der Waals surface area contributed by atoms with Gasteiger partial charge in [0.15, 0.2) is 0 Å². The van der Waals surface area contributed by atoms with Gasteiger partial charge in [0, 0.05) is 12.2 Å². The van der Waals surface area contributed by atoms with Crippen molar-refractivity contribution in [1.29, 1.82) is 0 Å². The summed E-state index contributed by atoms with van der Waals surface area (Å²) in [6, 6.07) is 7.64. The van der Waals surface area contributed by atoms with E-state index in [0.29, 0.717) is 13.2 Å². The zero-order valence-corrected chi connectivity index (χ0v) is 8.82. The van der Waals surface area contributed by atoms with E-state index < -0.39 is 0 Å². The monoisotopic (exact) mass is 208 g/mol. The summed E-state index contributed by atoms with van der Waals surface area (Å²) in [5.41, 5.74) is 7.41. The smallest absolute Gasteiger partial charge is 0.325 e. The summed E-state index contributed by atoms with van der Waals surface area (Å²) >= 11 is 0. The summed E-state index contributed by atoms with van der Waals surface area (Å²) in [6.45, 7) is 2.87. The van der Waals surface area contributed by atoms with Gasteiger partial charge in [-0.05, 0) is 24.6 Å². The molecule has 0 amide bonds. The first-order chi connectivity index (χ1) is 7.26. The van der Waals surface area contributed by atoms with Gasteiger partial charge in [-0.25, -0.2) is 0 Å². The lowest BCUT2D eigenvalue weighted by Gasteiger charge is -2.06. The van der Waals surface area contributed by atoms with E-state index in [0.717, 1.165) is 11.3 Å². The second-order valence-electron chi connectivity index (χ2n) is 3.06. The van der Waals surface area contributed by atoms with E-state index in [1.165, 1.54) is 0 Å². The van der Waals surface area contributed by atoms with Crippen LogP contribution in [0.2, 0.25) is 0 Å². The van der Waals surface area contributed by atoms with Crippen molar-refractivity contribution in [3.8, 4) is 0 Å². The summed E-state index contributed by atoms with van der Waals surface area (Å²) in [5.74, 6) is -0.254. The Kier molecular flexibility index (Phi) is 4.63. The average molecular weight is 208 g/mol. The van der Waals surface area contributed by atoms with Crippen LogP contribution in [0.15, 0.2) is 24.3 Å². The van der Waals surface area contributed by atoms with Crippen LogP contribution >= 0.6 is 0 Å². The molecule has 0 aliphatic heterocycles. The number of ether oxygens (including phenoxy) is 1. The van der Waals surface area contributed by atoms with Crippen molar-refractivity contribution in [3.63, 3.8) is 0 Å². The van der Waals surface area contributed by atoms with E-state index in [4.69, 9.17) is 10.5 Å². The molecule has 0 heterocycles. The molecule has 0 aliphatic carbocycles. The number of rotatable bonds is 5. The fourth-order valence-electron chi connectivity index (χ4n) is 1.19. The van der Waals surface area contributed by atoms with E-state index in [2.05, 4.69) is 5.32 Å². The molecule has 0 unspecified atom stereocenters. The van der Waals surface area contributed by atoms with Crippen LogP contribution in [0, 0.1) is 0 Å². The molecule has 0 saturated carbocycles. The van der Waals surface area contributed by atoms with E-state index in [1.807, 2.05) is 24.3 Å². The van der Waals surface area contributed by atoms with E-state index in [1.54, 1.807) is 6.92 Å². The van der Waals surface area contributed by atoms with Gasteiger partial charge in [0.2, 0.25) is 0 Å². The molecular formula is C11H16N2O2. The second-order valence-corrected chi connectivity index (χ2v) is 3.06. The van der Waals surface area contributed by atoms with Crippen LogP contribution in [0.1, 0.15) is 12.5 Å². The number of nitrogens with one attached hydrogen (secondary N) is 1. The molecule has 3 N–H and O–H groups in total. The Labute approximate surface area is 89.4 Å². The van der Waals surface area contributed by atoms with E-state index >= 15 is 0 Å². The Hall–Kier alpha value is -1.55. The van der Waals surface area contributed by atoms with Gasteiger partial charge in [-0.2, -0.15) is 0 Å². The molecule has 0 saturated heterocycles. The Morgan fingerprint density at radius 3 is 3.00 bits per heavy atom. The van der Waals surface area contributed by atoms with Gasteiger partial charge in [-0.3, -0.25) is 4.79 Å². The second kappa shape index (κ2) is 6.03. The van der Waals surface area contributed by atoms with Gasteiger partial charge >= 0.3 is 5.97 Å². The van der Waals surface area contributed by atoms with E-state index in [9.17, 15) is 4.79 Å². The van der Waals surface area contributed by atoms with E-state index in [-0.39, 0.29) is 12.5 Å². The van der Waals surface area contributed by atoms with Crippen LogP contribution in [0.4, 0.5) is 5.69 Å². The average Bonchev–Trinajstić information content (AvgIpc) is 2.27. The standard InChI is InChI=1S/C11H16N2O2/c1-2-15-11(14)8-13-10-5-3-4-9(6-10)7-12/h3-6,13H,2,7-8,12H2,1H3. The Morgan fingerprint density at radius 1 is 1.53 bits per heavy atom. The van der Waals surface area contributed by atoms with Crippen molar-refractivity contribution < 1.29 is 9.53 Å². The summed E-state index contributed by atoms with van der Waals surface area (Å²) in [6.07, 6.45) is 0. The largest absolute Gasteiger partial charge is 0.465 e. The number of carbonyl (C=O) groups is 1. The van der Waals surface area contributed by atoms with Crippen molar-refractivity contribution in [2.75, 3.05) is 18.5 Å². The first-order valence-corrected chi connectivity index (χ1v) is 4.94. The van der Waals surface area contributed by atoms with Crippen molar-refractivity contribution in [2.24, 2.45) is 5.73 Å². The number of esters is 1. The fraction of sp³-hybridized carbons (Fsp3) is 0.364. The minimum absolute atomic E-state index is 0.182. The molecule has 1 rings (SSSR count). The first-order valence-electron chi connectivity index (χ1n) is 4.94. The zero-order valence-electron chi connectivity index (χ0n) is 8.82. The number of benzene rings is 1. The van der Waals surface area contributed by atoms with Gasteiger partial charge in [0.25, 0.3) is 0 Å². The molecule has 4 nitrogen and oxygen atoms in total. The maximum absolute atomic E-state index is 11.1. The molecule has 0 fully saturated rings. The molecule has 1 aromatic rings. The molecule has 0 radical (unpaired) electrons. The minimum atomic E-state index is -0.254. The maximum atomic E-state index is 11.1. The number of anilines is 1. The van der Waals surface area contributed by atoms with Crippen LogP contribution in [0.5, 0.6) is 0 Å². The molecule has 0 aliphatic rings. The molecule has 15 heavy (non-hydrogen) atoms. The van der Waals surface area contributed by atoms with Gasteiger partial charge in [-0.1, -0.05) is 12.1 Å². The van der Waals surface area contributed by atoms with Gasteiger partial charge in [0.1, 0.15) is 6.54 Å². The molecule has 0 aromatic heterocycles. The number of carbonyl (C=O) groups excluding carboxylic acids is 1. The molecular weight excluding hydrogens is 192 g/mol. The molecule has 0 atom stereocenters. The van der Waals surface area contributed by atoms with Crippen LogP contribution in [0.25, 0.3) is 0 Å². The van der Waals surface area contributed by atoms with Crippen molar-refractivity contribution >= 4 is 11.7 Å². The van der Waals surface area contributed by atoms with Gasteiger partial charge in [0.05, 0.1) is 6.61 Å². The SMILES string of the molecule is CCOC(=O)CNc1cccc(CN)c1. The highest BCUT2D eigenvalue weighted by Crippen LogP contribution is 2.09. The van der Waals surface area contributed by atoms with Crippen LogP contribution in [-0.2, 0) is 16.1 Å². The lowest BCUT2D eigenvalue weighted by molar-refractivity contribution is -0.140. The number of nitrogens with two attached hydrogens (primary N) is 1. The summed E-state index contributed by atoms with van der Waals surface area (Å²) in [4.78, 5) is 11.1. The predicted molar refractivity (Wildman–Crippen MR) is 59.5 cm³/mol. The Morgan fingerprint density at radius 2 is 2.33 bits per heavy atom. The third-order valence-corrected chi connectivity index (χ3v) is 1.90. The van der Waals surface area contributed by atoms with Crippen LogP contribution < -0.4 is 11.1 Å². The van der Waals surface area contributed by atoms with Gasteiger partial charge < -0.3 is 15.8 Å². The third-order valence-electron chi connectivity index (χ3n) is 1.90. The molecule has 1 aromatic carbocycles. The number of hydrogen-bond donors (Lipinski definition) is 2. The lowest BCUT2D eigenvalue weighted by Crippen LogP contribution is -2.16. The summed E-state index contributed by atoms with van der Waals surface area (Å²) < 4.78 is 4.79. The lowest BCUT2D eigenvalue weighted by atomic mass is 10.2. The molecule has 0 bridgehead atoms. The summed E-state index contributed by atoms with van der Waals surface area (Å²) in [7, 11) is 0. The highest BCUT2D eigenvalue weighted by Gasteiger charge is 2.00.